The lowest BCUT2D eigenvalue weighted by Crippen LogP contribution is -2.45. The van der Waals surface area contributed by atoms with Crippen molar-refractivity contribution in [1.82, 2.24) is 4.90 Å². The molecule has 19 heavy (non-hydrogen) atoms. The Balaban J connectivity index is 2.05. The summed E-state index contributed by atoms with van der Waals surface area (Å²) in [5.74, 6) is -0.288. The zero-order valence-electron chi connectivity index (χ0n) is 11.6. The van der Waals surface area contributed by atoms with Crippen molar-refractivity contribution in [1.29, 1.82) is 0 Å². The third-order valence-electron chi connectivity index (χ3n) is 3.78. The molecule has 1 atom stereocenters. The minimum atomic E-state index is -0.288. The summed E-state index contributed by atoms with van der Waals surface area (Å²) in [7, 11) is 0. The molecular weight excluding hydrogens is 243 g/mol. The molecule has 104 valence electrons. The second-order valence-electron chi connectivity index (χ2n) is 5.15. The maximum absolute atomic E-state index is 13.4. The molecule has 2 rings (SSSR count). The molecule has 0 spiro atoms. The van der Waals surface area contributed by atoms with Crippen molar-refractivity contribution in [3.05, 3.63) is 29.6 Å². The number of benzene rings is 1. The van der Waals surface area contributed by atoms with Gasteiger partial charge in [-0.2, -0.15) is 0 Å². The van der Waals surface area contributed by atoms with Crippen molar-refractivity contribution in [3.63, 3.8) is 0 Å². The Morgan fingerprint density at radius 3 is 2.95 bits per heavy atom. The summed E-state index contributed by atoms with van der Waals surface area (Å²) in [6, 6.07) is 4.98. The fraction of sp³-hybridized carbons (Fsp3) is 0.533. The van der Waals surface area contributed by atoms with Gasteiger partial charge in [0.05, 0.1) is 0 Å². The first-order valence-corrected chi connectivity index (χ1v) is 6.95. The third-order valence-corrected chi connectivity index (χ3v) is 3.78. The molecule has 0 aromatic heterocycles. The minimum Gasteiger partial charge on any atom is -0.322 e. The second-order valence-corrected chi connectivity index (χ2v) is 5.15. The van der Waals surface area contributed by atoms with Crippen LogP contribution in [0.5, 0.6) is 0 Å². The van der Waals surface area contributed by atoms with E-state index in [2.05, 4.69) is 12.2 Å². The van der Waals surface area contributed by atoms with Crippen LogP contribution in [0.1, 0.15) is 38.2 Å². The van der Waals surface area contributed by atoms with Gasteiger partial charge in [-0.15, -0.1) is 0 Å². The van der Waals surface area contributed by atoms with E-state index in [4.69, 9.17) is 0 Å². The number of piperidine rings is 1. The molecule has 0 unspecified atom stereocenters. The smallest absolute Gasteiger partial charge is 0.322 e. The second kappa shape index (κ2) is 6.04. The molecule has 0 bridgehead atoms. The lowest BCUT2D eigenvalue weighted by molar-refractivity contribution is 0.160. The van der Waals surface area contributed by atoms with Crippen molar-refractivity contribution < 1.29 is 9.18 Å². The lowest BCUT2D eigenvalue weighted by atomic mass is 10.0. The molecule has 1 fully saturated rings. The van der Waals surface area contributed by atoms with Crippen LogP contribution in [0.4, 0.5) is 14.9 Å². The molecule has 3 nitrogen and oxygen atoms in total. The highest BCUT2D eigenvalue weighted by Crippen LogP contribution is 2.21. The average molecular weight is 264 g/mol. The standard InChI is InChI=1S/C15H21FN2O/c1-3-13-6-4-5-9-18(13)15(19)17-12-8-7-11(2)14(16)10-12/h7-8,10,13H,3-6,9H2,1-2H3,(H,17,19)/t13-/m0/s1. The summed E-state index contributed by atoms with van der Waals surface area (Å²) in [6.45, 7) is 4.60. The van der Waals surface area contributed by atoms with Gasteiger partial charge in [-0.05, 0) is 50.3 Å². The van der Waals surface area contributed by atoms with Gasteiger partial charge in [0, 0.05) is 18.3 Å². The number of nitrogens with zero attached hydrogens (tertiary/aromatic N) is 1. The summed E-state index contributed by atoms with van der Waals surface area (Å²) in [6.07, 6.45) is 4.26. The first kappa shape index (κ1) is 13.8. The van der Waals surface area contributed by atoms with E-state index in [9.17, 15) is 9.18 Å². The van der Waals surface area contributed by atoms with Crippen molar-refractivity contribution >= 4 is 11.7 Å². The maximum Gasteiger partial charge on any atom is 0.322 e. The number of amides is 2. The van der Waals surface area contributed by atoms with Gasteiger partial charge < -0.3 is 10.2 Å². The fourth-order valence-corrected chi connectivity index (χ4v) is 2.56. The van der Waals surface area contributed by atoms with Crippen molar-refractivity contribution in [2.45, 2.75) is 45.6 Å². The maximum atomic E-state index is 13.4. The zero-order chi connectivity index (χ0) is 13.8. The molecule has 0 saturated carbocycles. The average Bonchev–Trinajstić information content (AvgIpc) is 2.43. The van der Waals surface area contributed by atoms with Crippen LogP contribution in [0.15, 0.2) is 18.2 Å². The summed E-state index contributed by atoms with van der Waals surface area (Å²) >= 11 is 0. The number of nitrogens with one attached hydrogen (secondary N) is 1. The van der Waals surface area contributed by atoms with Crippen LogP contribution in [0.2, 0.25) is 0 Å². The van der Waals surface area contributed by atoms with Crippen molar-refractivity contribution in [2.24, 2.45) is 0 Å². The van der Waals surface area contributed by atoms with E-state index in [1.54, 1.807) is 19.1 Å². The number of hydrogen-bond donors (Lipinski definition) is 1. The van der Waals surface area contributed by atoms with Gasteiger partial charge in [0.2, 0.25) is 0 Å². The molecule has 2 amide bonds. The number of likely N-dealkylation sites (tertiary alicyclic amines) is 1. The largest absolute Gasteiger partial charge is 0.322 e. The molecule has 1 heterocycles. The molecule has 0 radical (unpaired) electrons. The highest BCUT2D eigenvalue weighted by atomic mass is 19.1. The first-order valence-electron chi connectivity index (χ1n) is 6.95. The highest BCUT2D eigenvalue weighted by molar-refractivity contribution is 5.89. The molecule has 1 aromatic rings. The molecule has 1 aromatic carbocycles. The van der Waals surface area contributed by atoms with E-state index >= 15 is 0 Å². The number of carbonyl (C=O) groups is 1. The predicted molar refractivity (Wildman–Crippen MR) is 74.8 cm³/mol. The summed E-state index contributed by atoms with van der Waals surface area (Å²) in [5.41, 5.74) is 1.11. The fourth-order valence-electron chi connectivity index (χ4n) is 2.56. The van der Waals surface area contributed by atoms with E-state index < -0.39 is 0 Å². The number of rotatable bonds is 2. The third kappa shape index (κ3) is 3.25. The van der Waals surface area contributed by atoms with Crippen LogP contribution in [0.3, 0.4) is 0 Å². The molecular formula is C15H21FN2O. The van der Waals surface area contributed by atoms with Crippen LogP contribution in [-0.2, 0) is 0 Å². The molecule has 1 N–H and O–H groups in total. The Kier molecular flexibility index (Phi) is 4.40. The SMILES string of the molecule is CC[C@H]1CCCCN1C(=O)Nc1ccc(C)c(F)c1. The van der Waals surface area contributed by atoms with E-state index in [1.807, 2.05) is 4.90 Å². The van der Waals surface area contributed by atoms with Gasteiger partial charge in [0.25, 0.3) is 0 Å². The minimum absolute atomic E-state index is 0.116. The Labute approximate surface area is 113 Å². The van der Waals surface area contributed by atoms with Gasteiger partial charge >= 0.3 is 6.03 Å². The van der Waals surface area contributed by atoms with E-state index in [-0.39, 0.29) is 11.8 Å². The summed E-state index contributed by atoms with van der Waals surface area (Å²) in [4.78, 5) is 14.1. The van der Waals surface area contributed by atoms with Crippen molar-refractivity contribution in [2.75, 3.05) is 11.9 Å². The van der Waals surface area contributed by atoms with Crippen LogP contribution in [0.25, 0.3) is 0 Å². The van der Waals surface area contributed by atoms with Crippen LogP contribution in [0, 0.1) is 12.7 Å². The van der Waals surface area contributed by atoms with Crippen molar-refractivity contribution in [3.8, 4) is 0 Å². The summed E-state index contributed by atoms with van der Waals surface area (Å²) in [5, 5.41) is 2.79. The number of carbonyl (C=O) groups excluding carboxylic acids is 1. The van der Waals surface area contributed by atoms with Crippen LogP contribution >= 0.6 is 0 Å². The van der Waals surface area contributed by atoms with Crippen LogP contribution < -0.4 is 5.32 Å². The highest BCUT2D eigenvalue weighted by Gasteiger charge is 2.25. The molecule has 1 aliphatic rings. The number of anilines is 1. The van der Waals surface area contributed by atoms with E-state index in [0.717, 1.165) is 25.8 Å². The first-order chi connectivity index (χ1) is 9.11. The number of halogens is 1. The number of hydrogen-bond acceptors (Lipinski definition) is 1. The lowest BCUT2D eigenvalue weighted by Gasteiger charge is -2.35. The Morgan fingerprint density at radius 1 is 1.47 bits per heavy atom. The zero-order valence-corrected chi connectivity index (χ0v) is 11.6. The van der Waals surface area contributed by atoms with Gasteiger partial charge in [-0.3, -0.25) is 0 Å². The molecule has 0 aliphatic carbocycles. The van der Waals surface area contributed by atoms with Gasteiger partial charge in [-0.25, -0.2) is 9.18 Å². The monoisotopic (exact) mass is 264 g/mol. The molecule has 4 heteroatoms. The normalized spacial score (nSPS) is 19.3. The Bertz CT molecular complexity index is 461. The van der Waals surface area contributed by atoms with E-state index in [0.29, 0.717) is 17.3 Å². The Morgan fingerprint density at radius 2 is 2.26 bits per heavy atom. The number of urea groups is 1. The summed E-state index contributed by atoms with van der Waals surface area (Å²) < 4.78 is 13.4. The van der Waals surface area contributed by atoms with E-state index in [1.165, 1.54) is 12.5 Å². The number of aryl methyl sites for hydroxylation is 1. The topological polar surface area (TPSA) is 32.3 Å². The van der Waals surface area contributed by atoms with Gasteiger partial charge in [-0.1, -0.05) is 13.0 Å². The molecule has 1 aliphatic heterocycles. The quantitative estimate of drug-likeness (QED) is 0.862. The van der Waals surface area contributed by atoms with Gasteiger partial charge in [0.1, 0.15) is 5.82 Å². The Hall–Kier alpha value is -1.58. The van der Waals surface area contributed by atoms with Crippen LogP contribution in [-0.4, -0.2) is 23.5 Å². The predicted octanol–water partition coefficient (Wildman–Crippen LogP) is 3.93. The van der Waals surface area contributed by atoms with Gasteiger partial charge in [0.15, 0.2) is 0 Å². The molecule has 1 saturated heterocycles.